The topological polar surface area (TPSA) is 60.9 Å². The molecule has 0 aromatic heterocycles. The Balaban J connectivity index is 1.84. The summed E-state index contributed by atoms with van der Waals surface area (Å²) in [5.41, 5.74) is 0. The first kappa shape index (κ1) is 22.4. The zero-order chi connectivity index (χ0) is 20.0. The number of halogens is 2. The van der Waals surface area contributed by atoms with Crippen molar-refractivity contribution in [3.63, 3.8) is 0 Å². The van der Waals surface area contributed by atoms with Gasteiger partial charge in [0, 0.05) is 50.8 Å². The van der Waals surface area contributed by atoms with E-state index in [1.807, 2.05) is 18.7 Å². The molecule has 0 saturated carbocycles. The quantitative estimate of drug-likeness (QED) is 0.626. The largest absolute Gasteiger partial charge is 0.342 e. The van der Waals surface area contributed by atoms with Crippen molar-refractivity contribution in [3.8, 4) is 0 Å². The van der Waals surface area contributed by atoms with E-state index in [9.17, 15) is 13.2 Å². The average Bonchev–Trinajstić information content (AvgIpc) is 2.64. The fourth-order valence-electron chi connectivity index (χ4n) is 3.11. The summed E-state index contributed by atoms with van der Waals surface area (Å²) in [5.74, 6) is 0.137. The maximum absolute atomic E-state index is 12.6. The van der Waals surface area contributed by atoms with E-state index in [1.165, 1.54) is 12.1 Å². The molecule has 9 heteroatoms. The van der Waals surface area contributed by atoms with Crippen LogP contribution in [0.15, 0.2) is 23.1 Å². The van der Waals surface area contributed by atoms with E-state index >= 15 is 0 Å². The van der Waals surface area contributed by atoms with Crippen molar-refractivity contribution in [2.75, 3.05) is 58.1 Å². The van der Waals surface area contributed by atoms with Crippen LogP contribution in [0.2, 0.25) is 10.0 Å². The van der Waals surface area contributed by atoms with Crippen LogP contribution in [0.1, 0.15) is 13.8 Å². The predicted octanol–water partition coefficient (Wildman–Crippen LogP) is 2.25. The van der Waals surface area contributed by atoms with Gasteiger partial charge < -0.3 is 4.90 Å². The Kier molecular flexibility index (Phi) is 8.37. The molecular formula is C18H27Cl2N3O3S. The summed E-state index contributed by atoms with van der Waals surface area (Å²) >= 11 is 11.9. The lowest BCUT2D eigenvalue weighted by molar-refractivity contribution is -0.132. The fraction of sp³-hybridized carbons (Fsp3) is 0.611. The third-order valence-electron chi connectivity index (χ3n) is 4.84. The van der Waals surface area contributed by atoms with Crippen molar-refractivity contribution in [1.82, 2.24) is 14.7 Å². The summed E-state index contributed by atoms with van der Waals surface area (Å²) in [6, 6.07) is 4.47. The van der Waals surface area contributed by atoms with Gasteiger partial charge in [-0.25, -0.2) is 8.42 Å². The standard InChI is InChI=1S/C18H27Cl2N3O3S/c1-3-23(4-2)18(24)14-22-9-7-21(8-10-22)11-12-27(25,26)17-13-15(19)5-6-16(17)20/h5-6,13H,3-4,7-12,14H2,1-2H3. The van der Waals surface area contributed by atoms with Gasteiger partial charge in [-0.15, -0.1) is 0 Å². The lowest BCUT2D eigenvalue weighted by atomic mass is 10.3. The molecule has 152 valence electrons. The molecule has 1 aliphatic heterocycles. The molecule has 1 aromatic carbocycles. The highest BCUT2D eigenvalue weighted by Gasteiger charge is 2.24. The monoisotopic (exact) mass is 435 g/mol. The number of benzene rings is 1. The molecule has 1 fully saturated rings. The predicted molar refractivity (Wildman–Crippen MR) is 109 cm³/mol. The van der Waals surface area contributed by atoms with E-state index in [0.29, 0.717) is 18.1 Å². The zero-order valence-electron chi connectivity index (χ0n) is 15.8. The zero-order valence-corrected chi connectivity index (χ0v) is 18.2. The van der Waals surface area contributed by atoms with Gasteiger partial charge in [-0.3, -0.25) is 14.6 Å². The highest BCUT2D eigenvalue weighted by Crippen LogP contribution is 2.26. The van der Waals surface area contributed by atoms with Crippen LogP contribution >= 0.6 is 23.2 Å². The molecule has 1 heterocycles. The normalized spacial score (nSPS) is 16.4. The minimum absolute atomic E-state index is 0.00849. The van der Waals surface area contributed by atoms with E-state index in [0.717, 1.165) is 39.3 Å². The number of carbonyl (C=O) groups excluding carboxylic acids is 1. The Morgan fingerprint density at radius 2 is 1.67 bits per heavy atom. The Bertz CT molecular complexity index is 746. The molecule has 0 aliphatic carbocycles. The van der Waals surface area contributed by atoms with Crippen molar-refractivity contribution in [3.05, 3.63) is 28.2 Å². The molecule has 1 amide bonds. The maximum Gasteiger partial charge on any atom is 0.236 e. The molecule has 1 aromatic rings. The summed E-state index contributed by atoms with van der Waals surface area (Å²) < 4.78 is 25.1. The smallest absolute Gasteiger partial charge is 0.236 e. The number of hydrogen-bond donors (Lipinski definition) is 0. The molecule has 6 nitrogen and oxygen atoms in total. The molecular weight excluding hydrogens is 409 g/mol. The number of rotatable bonds is 8. The first-order valence-electron chi connectivity index (χ1n) is 9.17. The van der Waals surface area contributed by atoms with Gasteiger partial charge in [0.2, 0.25) is 5.91 Å². The van der Waals surface area contributed by atoms with Gasteiger partial charge in [-0.1, -0.05) is 23.2 Å². The average molecular weight is 436 g/mol. The second-order valence-electron chi connectivity index (χ2n) is 6.58. The van der Waals surface area contributed by atoms with Crippen LogP contribution < -0.4 is 0 Å². The van der Waals surface area contributed by atoms with Crippen LogP contribution in [0.4, 0.5) is 0 Å². The minimum atomic E-state index is -3.50. The molecule has 0 unspecified atom stereocenters. The van der Waals surface area contributed by atoms with E-state index in [1.54, 1.807) is 6.07 Å². The molecule has 27 heavy (non-hydrogen) atoms. The second kappa shape index (κ2) is 10.1. The number of likely N-dealkylation sites (N-methyl/N-ethyl adjacent to an activating group) is 1. The van der Waals surface area contributed by atoms with Crippen molar-refractivity contribution in [1.29, 1.82) is 0 Å². The number of carbonyl (C=O) groups is 1. The van der Waals surface area contributed by atoms with Gasteiger partial charge >= 0.3 is 0 Å². The van der Waals surface area contributed by atoms with Gasteiger partial charge in [0.1, 0.15) is 0 Å². The summed E-state index contributed by atoms with van der Waals surface area (Å²) in [5, 5.41) is 0.545. The first-order valence-corrected chi connectivity index (χ1v) is 11.6. The summed E-state index contributed by atoms with van der Waals surface area (Å²) in [7, 11) is -3.50. The number of hydrogen-bond acceptors (Lipinski definition) is 5. The molecule has 1 saturated heterocycles. The van der Waals surface area contributed by atoms with Crippen LogP contribution in [-0.4, -0.2) is 87.1 Å². The number of sulfone groups is 1. The van der Waals surface area contributed by atoms with Gasteiger partial charge in [0.05, 0.1) is 22.2 Å². The Morgan fingerprint density at radius 1 is 1.07 bits per heavy atom. The number of amides is 1. The van der Waals surface area contributed by atoms with Crippen LogP contribution in [0.25, 0.3) is 0 Å². The third kappa shape index (κ3) is 6.32. The minimum Gasteiger partial charge on any atom is -0.342 e. The Hall–Kier alpha value is -0.860. The fourth-order valence-corrected chi connectivity index (χ4v) is 5.21. The molecule has 1 aliphatic rings. The second-order valence-corrected chi connectivity index (χ2v) is 9.50. The van der Waals surface area contributed by atoms with Crippen molar-refractivity contribution < 1.29 is 13.2 Å². The van der Waals surface area contributed by atoms with E-state index in [4.69, 9.17) is 23.2 Å². The van der Waals surface area contributed by atoms with Crippen molar-refractivity contribution >= 4 is 38.9 Å². The summed E-state index contributed by atoms with van der Waals surface area (Å²) in [6.45, 7) is 9.25. The number of nitrogens with zero attached hydrogens (tertiary/aromatic N) is 3. The van der Waals surface area contributed by atoms with Gasteiger partial charge in [0.25, 0.3) is 0 Å². The van der Waals surface area contributed by atoms with E-state index in [2.05, 4.69) is 9.80 Å². The molecule has 2 rings (SSSR count). The first-order chi connectivity index (χ1) is 12.8. The molecule has 0 N–H and O–H groups in total. The van der Waals surface area contributed by atoms with Gasteiger partial charge in [0.15, 0.2) is 9.84 Å². The Morgan fingerprint density at radius 3 is 2.26 bits per heavy atom. The molecule has 0 bridgehead atoms. The van der Waals surface area contributed by atoms with Crippen molar-refractivity contribution in [2.24, 2.45) is 0 Å². The van der Waals surface area contributed by atoms with E-state index in [-0.39, 0.29) is 21.6 Å². The summed E-state index contributed by atoms with van der Waals surface area (Å²) in [6.07, 6.45) is 0. The number of piperazine rings is 1. The van der Waals surface area contributed by atoms with Crippen molar-refractivity contribution in [2.45, 2.75) is 18.7 Å². The van der Waals surface area contributed by atoms with Gasteiger partial charge in [-0.05, 0) is 32.0 Å². The molecule has 0 radical (unpaired) electrons. The lowest BCUT2D eigenvalue weighted by Gasteiger charge is -2.35. The summed E-state index contributed by atoms with van der Waals surface area (Å²) in [4.78, 5) is 18.3. The van der Waals surface area contributed by atoms with Crippen LogP contribution in [0, 0.1) is 0 Å². The van der Waals surface area contributed by atoms with E-state index < -0.39 is 9.84 Å². The lowest BCUT2D eigenvalue weighted by Crippen LogP contribution is -2.50. The highest BCUT2D eigenvalue weighted by molar-refractivity contribution is 7.91. The third-order valence-corrected chi connectivity index (χ3v) is 7.25. The van der Waals surface area contributed by atoms with Crippen LogP contribution in [-0.2, 0) is 14.6 Å². The van der Waals surface area contributed by atoms with Gasteiger partial charge in [-0.2, -0.15) is 0 Å². The van der Waals surface area contributed by atoms with Crippen LogP contribution in [0.5, 0.6) is 0 Å². The highest BCUT2D eigenvalue weighted by atomic mass is 35.5. The molecule has 0 spiro atoms. The van der Waals surface area contributed by atoms with Crippen LogP contribution in [0.3, 0.4) is 0 Å². The Labute approximate surface area is 171 Å². The maximum atomic E-state index is 12.6. The SMILES string of the molecule is CCN(CC)C(=O)CN1CCN(CCS(=O)(=O)c2cc(Cl)ccc2Cl)CC1. The molecule has 0 atom stereocenters.